The maximum atomic E-state index is 6.27. The number of rotatable bonds is 7. The first-order valence-corrected chi connectivity index (χ1v) is 8.42. The molecule has 0 aliphatic rings. The van der Waals surface area contributed by atoms with Crippen LogP contribution in [0.5, 0.6) is 5.75 Å². The molecule has 0 bridgehead atoms. The number of thiazole rings is 1. The number of ether oxygens (including phenoxy) is 1. The molecule has 1 aromatic heterocycles. The van der Waals surface area contributed by atoms with Crippen LogP contribution in [0.1, 0.15) is 37.0 Å². The number of hydrogen-bond donors (Lipinski definition) is 1. The second-order valence-electron chi connectivity index (χ2n) is 5.18. The van der Waals surface area contributed by atoms with Crippen molar-refractivity contribution in [1.29, 1.82) is 0 Å². The van der Waals surface area contributed by atoms with Crippen molar-refractivity contribution in [2.24, 2.45) is 0 Å². The molecule has 0 atom stereocenters. The Morgan fingerprint density at radius 2 is 2.19 bits per heavy atom. The van der Waals surface area contributed by atoms with Crippen molar-refractivity contribution in [3.8, 4) is 5.75 Å². The van der Waals surface area contributed by atoms with Crippen LogP contribution in [-0.4, -0.2) is 11.0 Å². The molecule has 1 heterocycles. The summed E-state index contributed by atoms with van der Waals surface area (Å²) in [5.41, 5.74) is 2.11. The van der Waals surface area contributed by atoms with E-state index in [0.29, 0.717) is 23.4 Å². The van der Waals surface area contributed by atoms with E-state index in [4.69, 9.17) is 16.3 Å². The SMILES string of the molecule is CCc1nc(COc2ccc(CNC(C)C)cc2Cl)cs1. The average molecular weight is 325 g/mol. The zero-order chi connectivity index (χ0) is 15.2. The average Bonchev–Trinajstić information content (AvgIpc) is 2.92. The highest BCUT2D eigenvalue weighted by molar-refractivity contribution is 7.09. The third kappa shape index (κ3) is 4.99. The fraction of sp³-hybridized carbons (Fsp3) is 0.438. The van der Waals surface area contributed by atoms with Gasteiger partial charge in [0.1, 0.15) is 12.4 Å². The van der Waals surface area contributed by atoms with Crippen molar-refractivity contribution in [3.05, 3.63) is 44.9 Å². The van der Waals surface area contributed by atoms with E-state index in [1.807, 2.05) is 23.6 Å². The molecule has 5 heteroatoms. The van der Waals surface area contributed by atoms with Crippen LogP contribution in [-0.2, 0) is 19.6 Å². The fourth-order valence-electron chi connectivity index (χ4n) is 1.82. The Kier molecular flexibility index (Phi) is 6.03. The topological polar surface area (TPSA) is 34.1 Å². The predicted octanol–water partition coefficient (Wildman–Crippen LogP) is 4.44. The molecule has 0 amide bonds. The largest absolute Gasteiger partial charge is 0.486 e. The molecule has 2 aromatic rings. The van der Waals surface area contributed by atoms with E-state index >= 15 is 0 Å². The molecule has 1 N–H and O–H groups in total. The van der Waals surface area contributed by atoms with Gasteiger partial charge in [-0.05, 0) is 24.1 Å². The van der Waals surface area contributed by atoms with Crippen LogP contribution in [0.25, 0.3) is 0 Å². The van der Waals surface area contributed by atoms with E-state index in [-0.39, 0.29) is 0 Å². The van der Waals surface area contributed by atoms with Gasteiger partial charge in [-0.15, -0.1) is 11.3 Å². The van der Waals surface area contributed by atoms with Gasteiger partial charge in [0.2, 0.25) is 0 Å². The van der Waals surface area contributed by atoms with Gasteiger partial charge in [-0.25, -0.2) is 4.98 Å². The van der Waals surface area contributed by atoms with Gasteiger partial charge < -0.3 is 10.1 Å². The van der Waals surface area contributed by atoms with E-state index < -0.39 is 0 Å². The number of hydrogen-bond acceptors (Lipinski definition) is 4. The van der Waals surface area contributed by atoms with Crippen molar-refractivity contribution in [3.63, 3.8) is 0 Å². The second-order valence-corrected chi connectivity index (χ2v) is 6.53. The summed E-state index contributed by atoms with van der Waals surface area (Å²) in [7, 11) is 0. The molecule has 0 fully saturated rings. The summed E-state index contributed by atoms with van der Waals surface area (Å²) in [6, 6.07) is 6.37. The number of halogens is 1. The van der Waals surface area contributed by atoms with E-state index in [1.54, 1.807) is 11.3 Å². The van der Waals surface area contributed by atoms with Gasteiger partial charge in [0.25, 0.3) is 0 Å². The van der Waals surface area contributed by atoms with E-state index in [2.05, 4.69) is 31.1 Å². The Bertz CT molecular complexity index is 583. The van der Waals surface area contributed by atoms with Gasteiger partial charge in [-0.1, -0.05) is 38.4 Å². The molecular weight excluding hydrogens is 304 g/mol. The lowest BCUT2D eigenvalue weighted by Gasteiger charge is -2.11. The van der Waals surface area contributed by atoms with Gasteiger partial charge in [0, 0.05) is 18.0 Å². The molecule has 2 rings (SSSR count). The van der Waals surface area contributed by atoms with Crippen molar-refractivity contribution >= 4 is 22.9 Å². The summed E-state index contributed by atoms with van der Waals surface area (Å²) in [5, 5.41) is 7.18. The second kappa shape index (κ2) is 7.78. The van der Waals surface area contributed by atoms with Crippen molar-refractivity contribution in [1.82, 2.24) is 10.3 Å². The summed E-state index contributed by atoms with van der Waals surface area (Å²) < 4.78 is 5.75. The molecule has 3 nitrogen and oxygen atoms in total. The lowest BCUT2D eigenvalue weighted by Crippen LogP contribution is -2.21. The van der Waals surface area contributed by atoms with Gasteiger partial charge in [0.15, 0.2) is 0 Å². The predicted molar refractivity (Wildman–Crippen MR) is 89.3 cm³/mol. The van der Waals surface area contributed by atoms with E-state index in [9.17, 15) is 0 Å². The molecule has 1 aromatic carbocycles. The van der Waals surface area contributed by atoms with Crippen molar-refractivity contribution in [2.75, 3.05) is 0 Å². The minimum absolute atomic E-state index is 0.456. The van der Waals surface area contributed by atoms with Gasteiger partial charge >= 0.3 is 0 Å². The molecule has 21 heavy (non-hydrogen) atoms. The van der Waals surface area contributed by atoms with Gasteiger partial charge in [0.05, 0.1) is 15.7 Å². The summed E-state index contributed by atoms with van der Waals surface area (Å²) in [6.45, 7) is 7.61. The Morgan fingerprint density at radius 1 is 1.38 bits per heavy atom. The highest BCUT2D eigenvalue weighted by Crippen LogP contribution is 2.26. The van der Waals surface area contributed by atoms with Crippen LogP contribution in [0.2, 0.25) is 5.02 Å². The van der Waals surface area contributed by atoms with Gasteiger partial charge in [-0.3, -0.25) is 0 Å². The number of benzene rings is 1. The molecule has 0 unspecified atom stereocenters. The summed E-state index contributed by atoms with van der Waals surface area (Å²) in [5.74, 6) is 0.705. The molecule has 0 aliphatic heterocycles. The van der Waals surface area contributed by atoms with E-state index in [0.717, 1.165) is 29.2 Å². The fourth-order valence-corrected chi connectivity index (χ4v) is 2.81. The maximum absolute atomic E-state index is 6.27. The third-order valence-electron chi connectivity index (χ3n) is 2.99. The maximum Gasteiger partial charge on any atom is 0.138 e. The zero-order valence-corrected chi connectivity index (χ0v) is 14.2. The smallest absolute Gasteiger partial charge is 0.138 e. The lowest BCUT2D eigenvalue weighted by molar-refractivity contribution is 0.302. The minimum atomic E-state index is 0.456. The molecule has 0 saturated carbocycles. The van der Waals surface area contributed by atoms with Crippen LogP contribution in [0.4, 0.5) is 0 Å². The van der Waals surface area contributed by atoms with Crippen LogP contribution >= 0.6 is 22.9 Å². The lowest BCUT2D eigenvalue weighted by atomic mass is 10.2. The number of nitrogens with zero attached hydrogens (tertiary/aromatic N) is 1. The molecular formula is C16H21ClN2OS. The standard InChI is InChI=1S/C16H21ClN2OS/c1-4-16-19-13(10-21-16)9-20-15-6-5-12(7-14(15)17)8-18-11(2)3/h5-7,10-11,18H,4,8-9H2,1-3H3. The molecule has 114 valence electrons. The molecule has 0 spiro atoms. The number of aromatic nitrogens is 1. The van der Waals surface area contributed by atoms with Crippen LogP contribution < -0.4 is 10.1 Å². The molecule has 0 aliphatic carbocycles. The van der Waals surface area contributed by atoms with Crippen LogP contribution in [0.3, 0.4) is 0 Å². The minimum Gasteiger partial charge on any atom is -0.486 e. The zero-order valence-electron chi connectivity index (χ0n) is 12.6. The Balaban J connectivity index is 1.94. The van der Waals surface area contributed by atoms with Gasteiger partial charge in [-0.2, -0.15) is 0 Å². The molecule has 0 radical (unpaired) electrons. The first-order chi connectivity index (χ1) is 10.1. The number of nitrogens with one attached hydrogen (secondary N) is 1. The highest BCUT2D eigenvalue weighted by atomic mass is 35.5. The van der Waals surface area contributed by atoms with E-state index in [1.165, 1.54) is 0 Å². The first kappa shape index (κ1) is 16.3. The van der Waals surface area contributed by atoms with Crippen molar-refractivity contribution in [2.45, 2.75) is 46.4 Å². The van der Waals surface area contributed by atoms with Crippen LogP contribution in [0, 0.1) is 0 Å². The van der Waals surface area contributed by atoms with Crippen molar-refractivity contribution < 1.29 is 4.74 Å². The summed E-state index contributed by atoms with van der Waals surface area (Å²) in [4.78, 5) is 4.48. The molecule has 0 saturated heterocycles. The summed E-state index contributed by atoms with van der Waals surface area (Å²) in [6.07, 6.45) is 0.961. The first-order valence-electron chi connectivity index (χ1n) is 7.16. The number of aryl methyl sites for hydroxylation is 1. The highest BCUT2D eigenvalue weighted by Gasteiger charge is 2.06. The monoisotopic (exact) mass is 324 g/mol. The Hall–Kier alpha value is -1.10. The Labute approximate surface area is 135 Å². The normalized spacial score (nSPS) is 11.1. The quantitative estimate of drug-likeness (QED) is 0.817. The third-order valence-corrected chi connectivity index (χ3v) is 4.33. The summed E-state index contributed by atoms with van der Waals surface area (Å²) >= 11 is 7.94. The van der Waals surface area contributed by atoms with Crippen LogP contribution in [0.15, 0.2) is 23.6 Å². The Morgan fingerprint density at radius 3 is 2.81 bits per heavy atom.